The molecule has 0 aromatic heterocycles. The Labute approximate surface area is 110 Å². The lowest BCUT2D eigenvalue weighted by atomic mass is 9.64. The smallest absolute Gasteiger partial charge is 0.0991 e. The second-order valence-electron chi connectivity index (χ2n) is 5.98. The van der Waals surface area contributed by atoms with Crippen molar-refractivity contribution < 1.29 is 0 Å². The summed E-state index contributed by atoms with van der Waals surface area (Å²) >= 11 is 0. The van der Waals surface area contributed by atoms with Gasteiger partial charge in [0.25, 0.3) is 0 Å². The zero-order valence-electron chi connectivity index (χ0n) is 10.9. The highest BCUT2D eigenvalue weighted by Crippen LogP contribution is 2.48. The topological polar surface area (TPSA) is 23.8 Å². The summed E-state index contributed by atoms with van der Waals surface area (Å²) in [5.41, 5.74) is 2.26. The quantitative estimate of drug-likeness (QED) is 0.700. The van der Waals surface area contributed by atoms with E-state index < -0.39 is 0 Å². The lowest BCUT2D eigenvalue weighted by molar-refractivity contribution is 0.144. The standard InChI is InChI=1S/C17H21N/c18-12-13-8-10-15(11-9-13)17-7-3-5-14-4-1-2-6-16(14)17/h8-11,14,16-17H,1-7H2/t14-,16+,17?/m1/s1. The molecule has 2 aliphatic carbocycles. The van der Waals surface area contributed by atoms with Crippen molar-refractivity contribution in [1.29, 1.82) is 5.26 Å². The van der Waals surface area contributed by atoms with Crippen LogP contribution in [0.5, 0.6) is 0 Å². The van der Waals surface area contributed by atoms with Crippen LogP contribution in [0, 0.1) is 23.2 Å². The predicted molar refractivity (Wildman–Crippen MR) is 73.2 cm³/mol. The van der Waals surface area contributed by atoms with Crippen LogP contribution in [0.1, 0.15) is 62.0 Å². The minimum atomic E-state index is 0.761. The zero-order chi connectivity index (χ0) is 12.4. The molecule has 0 radical (unpaired) electrons. The predicted octanol–water partition coefficient (Wildman–Crippen LogP) is 4.63. The van der Waals surface area contributed by atoms with E-state index >= 15 is 0 Å². The van der Waals surface area contributed by atoms with Crippen LogP contribution in [0.4, 0.5) is 0 Å². The first-order chi connectivity index (χ1) is 8.88. The van der Waals surface area contributed by atoms with Crippen LogP contribution >= 0.6 is 0 Å². The van der Waals surface area contributed by atoms with Gasteiger partial charge in [-0.05, 0) is 48.3 Å². The summed E-state index contributed by atoms with van der Waals surface area (Å²) < 4.78 is 0. The van der Waals surface area contributed by atoms with Crippen molar-refractivity contribution in [3.63, 3.8) is 0 Å². The maximum Gasteiger partial charge on any atom is 0.0991 e. The van der Waals surface area contributed by atoms with E-state index in [2.05, 4.69) is 18.2 Å². The van der Waals surface area contributed by atoms with Gasteiger partial charge < -0.3 is 0 Å². The number of hydrogen-bond acceptors (Lipinski definition) is 1. The van der Waals surface area contributed by atoms with Gasteiger partial charge in [0.2, 0.25) is 0 Å². The molecule has 3 rings (SSSR count). The van der Waals surface area contributed by atoms with E-state index in [0.717, 1.165) is 23.3 Å². The van der Waals surface area contributed by atoms with Gasteiger partial charge in [0, 0.05) is 0 Å². The van der Waals surface area contributed by atoms with E-state index in [1.54, 1.807) is 0 Å². The van der Waals surface area contributed by atoms with Gasteiger partial charge in [0.15, 0.2) is 0 Å². The molecular formula is C17H21N. The normalized spacial score (nSPS) is 31.4. The van der Waals surface area contributed by atoms with Gasteiger partial charge in [-0.1, -0.05) is 44.2 Å². The van der Waals surface area contributed by atoms with Crippen LogP contribution in [0.15, 0.2) is 24.3 Å². The van der Waals surface area contributed by atoms with Crippen LogP contribution in [0.25, 0.3) is 0 Å². The Morgan fingerprint density at radius 1 is 0.889 bits per heavy atom. The highest BCUT2D eigenvalue weighted by atomic mass is 14.4. The fourth-order valence-corrected chi connectivity index (χ4v) is 4.16. The number of nitrogens with zero attached hydrogens (tertiary/aromatic N) is 1. The highest BCUT2D eigenvalue weighted by Gasteiger charge is 2.35. The first kappa shape index (κ1) is 11.8. The van der Waals surface area contributed by atoms with Crippen molar-refractivity contribution in [2.75, 3.05) is 0 Å². The maximum absolute atomic E-state index is 8.88. The Kier molecular flexibility index (Phi) is 3.37. The summed E-state index contributed by atoms with van der Waals surface area (Å²) in [5.74, 6) is 2.66. The van der Waals surface area contributed by atoms with Crippen molar-refractivity contribution in [1.82, 2.24) is 0 Å². The van der Waals surface area contributed by atoms with Crippen molar-refractivity contribution in [3.8, 4) is 6.07 Å². The summed E-state index contributed by atoms with van der Waals surface area (Å²) in [6.45, 7) is 0. The molecular weight excluding hydrogens is 218 g/mol. The van der Waals surface area contributed by atoms with Crippen molar-refractivity contribution in [3.05, 3.63) is 35.4 Å². The molecule has 0 N–H and O–H groups in total. The van der Waals surface area contributed by atoms with Gasteiger partial charge in [0.05, 0.1) is 11.6 Å². The Morgan fingerprint density at radius 2 is 1.61 bits per heavy atom. The third-order valence-electron chi connectivity index (χ3n) is 5.04. The van der Waals surface area contributed by atoms with Gasteiger partial charge in [0.1, 0.15) is 0 Å². The molecule has 0 spiro atoms. The van der Waals surface area contributed by atoms with E-state index in [1.165, 1.54) is 50.5 Å². The molecule has 18 heavy (non-hydrogen) atoms. The Bertz CT molecular complexity index is 438. The molecule has 2 aliphatic rings. The van der Waals surface area contributed by atoms with Crippen LogP contribution < -0.4 is 0 Å². The summed E-state index contributed by atoms with van der Waals surface area (Å²) in [5, 5.41) is 8.88. The Hall–Kier alpha value is -1.29. The monoisotopic (exact) mass is 239 g/mol. The summed E-state index contributed by atoms with van der Waals surface area (Å²) in [4.78, 5) is 0. The summed E-state index contributed by atoms with van der Waals surface area (Å²) in [6, 6.07) is 10.6. The van der Waals surface area contributed by atoms with Gasteiger partial charge in [-0.3, -0.25) is 0 Å². The van der Waals surface area contributed by atoms with Crippen LogP contribution in [-0.4, -0.2) is 0 Å². The number of fused-ring (bicyclic) bond motifs is 1. The lowest BCUT2D eigenvalue weighted by Gasteiger charge is -2.41. The van der Waals surface area contributed by atoms with Gasteiger partial charge in [-0.25, -0.2) is 0 Å². The zero-order valence-corrected chi connectivity index (χ0v) is 10.9. The van der Waals surface area contributed by atoms with Crippen molar-refractivity contribution >= 4 is 0 Å². The van der Waals surface area contributed by atoms with Crippen molar-refractivity contribution in [2.24, 2.45) is 11.8 Å². The number of nitriles is 1. The molecule has 0 bridgehead atoms. The molecule has 1 heteroatoms. The van der Waals surface area contributed by atoms with Gasteiger partial charge >= 0.3 is 0 Å². The minimum absolute atomic E-state index is 0.761. The fourth-order valence-electron chi connectivity index (χ4n) is 4.16. The first-order valence-electron chi connectivity index (χ1n) is 7.38. The SMILES string of the molecule is N#Cc1ccc(C2CCC[C@H]3CCCC[C@H]23)cc1. The Morgan fingerprint density at radius 3 is 2.39 bits per heavy atom. The van der Waals surface area contributed by atoms with Gasteiger partial charge in [-0.15, -0.1) is 0 Å². The minimum Gasteiger partial charge on any atom is -0.192 e. The van der Waals surface area contributed by atoms with E-state index in [4.69, 9.17) is 5.26 Å². The van der Waals surface area contributed by atoms with Crippen molar-refractivity contribution in [2.45, 2.75) is 50.9 Å². The van der Waals surface area contributed by atoms with Gasteiger partial charge in [-0.2, -0.15) is 5.26 Å². The second-order valence-corrected chi connectivity index (χ2v) is 5.98. The number of rotatable bonds is 1. The third kappa shape index (κ3) is 2.17. The summed E-state index contributed by atoms with van der Waals surface area (Å²) in [6.07, 6.45) is 9.96. The third-order valence-corrected chi connectivity index (χ3v) is 5.04. The van der Waals surface area contributed by atoms with E-state index in [9.17, 15) is 0 Å². The molecule has 1 aromatic carbocycles. The highest BCUT2D eigenvalue weighted by molar-refractivity contribution is 5.33. The molecule has 2 fully saturated rings. The first-order valence-corrected chi connectivity index (χ1v) is 7.38. The van der Waals surface area contributed by atoms with Crippen LogP contribution in [-0.2, 0) is 0 Å². The molecule has 0 heterocycles. The van der Waals surface area contributed by atoms with Crippen LogP contribution in [0.3, 0.4) is 0 Å². The molecule has 3 atom stereocenters. The number of benzene rings is 1. The largest absolute Gasteiger partial charge is 0.192 e. The lowest BCUT2D eigenvalue weighted by Crippen LogP contribution is -2.29. The average Bonchev–Trinajstić information content (AvgIpc) is 2.47. The number of hydrogen-bond donors (Lipinski definition) is 0. The molecule has 2 saturated carbocycles. The average molecular weight is 239 g/mol. The van der Waals surface area contributed by atoms with E-state index in [0.29, 0.717) is 0 Å². The molecule has 94 valence electrons. The second kappa shape index (κ2) is 5.14. The molecule has 0 aliphatic heterocycles. The van der Waals surface area contributed by atoms with E-state index in [1.807, 2.05) is 12.1 Å². The molecule has 1 aromatic rings. The maximum atomic E-state index is 8.88. The molecule has 0 saturated heterocycles. The Balaban J connectivity index is 1.82. The molecule has 1 unspecified atom stereocenters. The fraction of sp³-hybridized carbons (Fsp3) is 0.588. The molecule has 1 nitrogen and oxygen atoms in total. The summed E-state index contributed by atoms with van der Waals surface area (Å²) in [7, 11) is 0. The van der Waals surface area contributed by atoms with E-state index in [-0.39, 0.29) is 0 Å². The van der Waals surface area contributed by atoms with Crippen LogP contribution in [0.2, 0.25) is 0 Å². The molecule has 0 amide bonds.